The molecular formula is C15H18Br2N2S. The zero-order valence-corrected chi connectivity index (χ0v) is 15.6. The van der Waals surface area contributed by atoms with E-state index < -0.39 is 0 Å². The van der Waals surface area contributed by atoms with Crippen molar-refractivity contribution >= 4 is 48.9 Å². The number of thiophene rings is 1. The van der Waals surface area contributed by atoms with E-state index in [0.29, 0.717) is 6.54 Å². The molecule has 20 heavy (non-hydrogen) atoms. The second-order valence-electron chi connectivity index (χ2n) is 4.65. The van der Waals surface area contributed by atoms with Crippen LogP contribution in [0, 0.1) is 0 Å². The summed E-state index contributed by atoms with van der Waals surface area (Å²) in [6.07, 6.45) is 1.06. The van der Waals surface area contributed by atoms with Gasteiger partial charge in [-0.3, -0.25) is 0 Å². The van der Waals surface area contributed by atoms with E-state index in [-0.39, 0.29) is 6.04 Å². The second kappa shape index (κ2) is 7.07. The molecule has 1 aromatic carbocycles. The molecule has 1 atom stereocenters. The summed E-state index contributed by atoms with van der Waals surface area (Å²) in [4.78, 5) is 3.50. The standard InChI is InChI=1S/C15H18Br2N2S/c1-3-10-4-6-11(7-5-10)19(2)13(9-18)14-8-12(16)15(17)20-14/h4-8,13H,3,9,18H2,1-2H3. The van der Waals surface area contributed by atoms with Crippen molar-refractivity contribution in [3.05, 3.63) is 49.0 Å². The highest BCUT2D eigenvalue weighted by Gasteiger charge is 2.19. The highest BCUT2D eigenvalue weighted by Crippen LogP contribution is 2.37. The zero-order chi connectivity index (χ0) is 14.7. The SMILES string of the molecule is CCc1ccc(N(C)C(CN)c2cc(Br)c(Br)s2)cc1. The molecule has 0 saturated heterocycles. The lowest BCUT2D eigenvalue weighted by Gasteiger charge is -2.28. The molecule has 0 bridgehead atoms. The Hall–Kier alpha value is -0.360. The van der Waals surface area contributed by atoms with Gasteiger partial charge in [0.25, 0.3) is 0 Å². The largest absolute Gasteiger partial charge is 0.365 e. The van der Waals surface area contributed by atoms with Crippen molar-refractivity contribution in [3.63, 3.8) is 0 Å². The maximum absolute atomic E-state index is 5.99. The minimum atomic E-state index is 0.190. The number of nitrogens with zero attached hydrogens (tertiary/aromatic N) is 1. The van der Waals surface area contributed by atoms with Crippen molar-refractivity contribution in [2.45, 2.75) is 19.4 Å². The first-order valence-electron chi connectivity index (χ1n) is 6.53. The topological polar surface area (TPSA) is 29.3 Å². The summed E-state index contributed by atoms with van der Waals surface area (Å²) < 4.78 is 2.20. The second-order valence-corrected chi connectivity index (χ2v) is 7.91. The lowest BCUT2D eigenvalue weighted by molar-refractivity contribution is 0.692. The van der Waals surface area contributed by atoms with Gasteiger partial charge in [0.15, 0.2) is 0 Å². The van der Waals surface area contributed by atoms with Gasteiger partial charge in [0.05, 0.1) is 9.83 Å². The van der Waals surface area contributed by atoms with E-state index in [2.05, 4.69) is 81.1 Å². The molecule has 0 spiro atoms. The number of rotatable bonds is 5. The number of anilines is 1. The van der Waals surface area contributed by atoms with Crippen LogP contribution in [0.2, 0.25) is 0 Å². The molecule has 108 valence electrons. The molecule has 2 N–H and O–H groups in total. The summed E-state index contributed by atoms with van der Waals surface area (Å²) in [7, 11) is 2.10. The molecule has 2 nitrogen and oxygen atoms in total. The van der Waals surface area contributed by atoms with Gasteiger partial charge in [-0.15, -0.1) is 11.3 Å². The number of nitrogens with two attached hydrogens (primary N) is 1. The highest BCUT2D eigenvalue weighted by atomic mass is 79.9. The molecular weight excluding hydrogens is 400 g/mol. The lowest BCUT2D eigenvalue weighted by atomic mass is 10.1. The van der Waals surface area contributed by atoms with Crippen molar-refractivity contribution < 1.29 is 0 Å². The van der Waals surface area contributed by atoms with Crippen molar-refractivity contribution in [2.24, 2.45) is 5.73 Å². The van der Waals surface area contributed by atoms with Crippen molar-refractivity contribution in [2.75, 3.05) is 18.5 Å². The zero-order valence-electron chi connectivity index (χ0n) is 11.6. The van der Waals surface area contributed by atoms with E-state index in [1.807, 2.05) is 0 Å². The van der Waals surface area contributed by atoms with Gasteiger partial charge in [-0.25, -0.2) is 0 Å². The van der Waals surface area contributed by atoms with Gasteiger partial charge in [0.1, 0.15) is 0 Å². The Kier molecular flexibility index (Phi) is 5.66. The number of halogens is 2. The molecule has 0 radical (unpaired) electrons. The fourth-order valence-electron chi connectivity index (χ4n) is 2.14. The van der Waals surface area contributed by atoms with Crippen LogP contribution in [-0.4, -0.2) is 13.6 Å². The van der Waals surface area contributed by atoms with Crippen LogP contribution < -0.4 is 10.6 Å². The molecule has 0 fully saturated rings. The van der Waals surface area contributed by atoms with Crippen LogP contribution in [0.25, 0.3) is 0 Å². The third kappa shape index (κ3) is 3.45. The minimum Gasteiger partial charge on any atom is -0.365 e. The number of aryl methyl sites for hydroxylation is 1. The van der Waals surface area contributed by atoms with Gasteiger partial charge in [0.2, 0.25) is 0 Å². The first-order valence-corrected chi connectivity index (χ1v) is 8.93. The average Bonchev–Trinajstić information content (AvgIpc) is 2.79. The van der Waals surface area contributed by atoms with Gasteiger partial charge in [-0.2, -0.15) is 0 Å². The van der Waals surface area contributed by atoms with Gasteiger partial charge < -0.3 is 10.6 Å². The Morgan fingerprint density at radius 1 is 1.25 bits per heavy atom. The van der Waals surface area contributed by atoms with Gasteiger partial charge in [0, 0.05) is 28.6 Å². The normalized spacial score (nSPS) is 12.4. The molecule has 0 aliphatic carbocycles. The smallest absolute Gasteiger partial charge is 0.0844 e. The first-order chi connectivity index (χ1) is 9.56. The number of hydrogen-bond donors (Lipinski definition) is 1. The van der Waals surface area contributed by atoms with Crippen LogP contribution in [0.5, 0.6) is 0 Å². The van der Waals surface area contributed by atoms with Crippen molar-refractivity contribution in [3.8, 4) is 0 Å². The summed E-state index contributed by atoms with van der Waals surface area (Å²) in [6.45, 7) is 2.76. The molecule has 2 aromatic rings. The monoisotopic (exact) mass is 416 g/mol. The summed E-state index contributed by atoms with van der Waals surface area (Å²) >= 11 is 8.82. The minimum absolute atomic E-state index is 0.190. The van der Waals surface area contributed by atoms with Crippen molar-refractivity contribution in [1.29, 1.82) is 0 Å². The molecule has 0 saturated carbocycles. The Morgan fingerprint density at radius 2 is 1.90 bits per heavy atom. The number of likely N-dealkylation sites (N-methyl/N-ethyl adjacent to an activating group) is 1. The van der Waals surface area contributed by atoms with Crippen LogP contribution in [0.15, 0.2) is 38.6 Å². The van der Waals surface area contributed by atoms with Gasteiger partial charge in [-0.1, -0.05) is 19.1 Å². The maximum atomic E-state index is 5.99. The van der Waals surface area contributed by atoms with E-state index in [1.54, 1.807) is 11.3 Å². The quantitative estimate of drug-likeness (QED) is 0.743. The van der Waals surface area contributed by atoms with E-state index in [0.717, 1.165) is 14.7 Å². The lowest BCUT2D eigenvalue weighted by Crippen LogP contribution is -2.29. The van der Waals surface area contributed by atoms with E-state index >= 15 is 0 Å². The highest BCUT2D eigenvalue weighted by molar-refractivity contribution is 9.13. The van der Waals surface area contributed by atoms with Crippen LogP contribution in [0.1, 0.15) is 23.4 Å². The molecule has 1 unspecified atom stereocenters. The van der Waals surface area contributed by atoms with Gasteiger partial charge >= 0.3 is 0 Å². The van der Waals surface area contributed by atoms with Crippen LogP contribution in [0.3, 0.4) is 0 Å². The predicted molar refractivity (Wildman–Crippen MR) is 95.7 cm³/mol. The average molecular weight is 418 g/mol. The Morgan fingerprint density at radius 3 is 2.35 bits per heavy atom. The van der Waals surface area contributed by atoms with E-state index in [1.165, 1.54) is 16.1 Å². The van der Waals surface area contributed by atoms with Crippen molar-refractivity contribution in [1.82, 2.24) is 0 Å². The molecule has 1 heterocycles. The molecule has 1 aromatic heterocycles. The van der Waals surface area contributed by atoms with E-state index in [9.17, 15) is 0 Å². The Labute approximate surface area is 141 Å². The fourth-order valence-corrected chi connectivity index (χ4v) is 4.39. The molecule has 2 rings (SSSR count). The Balaban J connectivity index is 2.25. The summed E-state index contributed by atoms with van der Waals surface area (Å²) in [5.74, 6) is 0. The van der Waals surface area contributed by atoms with Gasteiger partial charge in [-0.05, 0) is 62.0 Å². The number of hydrogen-bond acceptors (Lipinski definition) is 3. The fraction of sp³-hybridized carbons (Fsp3) is 0.333. The molecule has 0 aliphatic heterocycles. The van der Waals surface area contributed by atoms with E-state index in [4.69, 9.17) is 5.73 Å². The van der Waals surface area contributed by atoms with Crippen LogP contribution >= 0.6 is 43.2 Å². The number of benzene rings is 1. The predicted octanol–water partition coefficient (Wildman–Crippen LogP) is 4.97. The summed E-state index contributed by atoms with van der Waals surface area (Å²) in [5.41, 5.74) is 8.54. The molecule has 0 amide bonds. The maximum Gasteiger partial charge on any atom is 0.0844 e. The summed E-state index contributed by atoms with van der Waals surface area (Å²) in [6, 6.07) is 11.0. The third-order valence-corrected chi connectivity index (χ3v) is 6.79. The Bertz CT molecular complexity index is 546. The molecule has 0 aliphatic rings. The molecule has 5 heteroatoms. The third-order valence-electron chi connectivity index (χ3n) is 3.44. The summed E-state index contributed by atoms with van der Waals surface area (Å²) in [5, 5.41) is 0. The first kappa shape index (κ1) is 16.0. The van der Waals surface area contributed by atoms with Crippen LogP contribution in [-0.2, 0) is 6.42 Å². The van der Waals surface area contributed by atoms with Crippen LogP contribution in [0.4, 0.5) is 5.69 Å².